The van der Waals surface area contributed by atoms with Gasteiger partial charge in [0.1, 0.15) is 0 Å². The lowest BCUT2D eigenvalue weighted by Crippen LogP contribution is -2.41. The molecular formula is C17H25NS. The maximum atomic E-state index is 3.85. The van der Waals surface area contributed by atoms with Gasteiger partial charge in [0, 0.05) is 22.7 Å². The van der Waals surface area contributed by atoms with E-state index in [1.54, 1.807) is 5.56 Å². The monoisotopic (exact) mass is 275 g/mol. The number of fused-ring (bicyclic) bond motifs is 1. The molecule has 4 unspecified atom stereocenters. The summed E-state index contributed by atoms with van der Waals surface area (Å²) in [6.45, 7) is 5.99. The fraction of sp³-hybridized carbons (Fsp3) is 0.647. The highest BCUT2D eigenvalue weighted by Crippen LogP contribution is 2.36. The lowest BCUT2D eigenvalue weighted by molar-refractivity contribution is 0.229. The molecule has 4 atom stereocenters. The predicted octanol–water partition coefficient (Wildman–Crippen LogP) is 4.12. The molecule has 1 heterocycles. The molecule has 1 aromatic carbocycles. The Bertz CT molecular complexity index is 406. The Morgan fingerprint density at radius 3 is 2.84 bits per heavy atom. The minimum absolute atomic E-state index is 0.740. The van der Waals surface area contributed by atoms with Crippen LogP contribution in [-0.4, -0.2) is 17.8 Å². The van der Waals surface area contributed by atoms with Gasteiger partial charge in [-0.2, -0.15) is 0 Å². The Morgan fingerprint density at radius 2 is 2.05 bits per heavy atom. The topological polar surface area (TPSA) is 12.0 Å². The first kappa shape index (κ1) is 13.5. The first-order valence-corrected chi connectivity index (χ1v) is 8.58. The molecule has 1 aliphatic heterocycles. The third-order valence-corrected chi connectivity index (χ3v) is 6.07. The van der Waals surface area contributed by atoms with Crippen LogP contribution in [0.2, 0.25) is 0 Å². The molecule has 2 aliphatic rings. The molecule has 0 amide bonds. The van der Waals surface area contributed by atoms with E-state index in [0.717, 1.165) is 23.1 Å². The summed E-state index contributed by atoms with van der Waals surface area (Å²) in [4.78, 5) is 1.50. The summed E-state index contributed by atoms with van der Waals surface area (Å²) in [5.41, 5.74) is 1.55. The van der Waals surface area contributed by atoms with Crippen LogP contribution in [0.3, 0.4) is 0 Å². The highest BCUT2D eigenvalue weighted by Gasteiger charge is 2.27. The van der Waals surface area contributed by atoms with Crippen molar-refractivity contribution in [2.75, 3.05) is 6.54 Å². The van der Waals surface area contributed by atoms with E-state index < -0.39 is 0 Å². The molecule has 104 valence electrons. The van der Waals surface area contributed by atoms with E-state index in [9.17, 15) is 0 Å². The van der Waals surface area contributed by atoms with Crippen molar-refractivity contribution in [1.29, 1.82) is 0 Å². The molecule has 1 N–H and O–H groups in total. The zero-order chi connectivity index (χ0) is 13.2. The van der Waals surface area contributed by atoms with Gasteiger partial charge in [0.05, 0.1) is 0 Å². The summed E-state index contributed by atoms with van der Waals surface area (Å²) >= 11 is 2.06. The van der Waals surface area contributed by atoms with E-state index in [2.05, 4.69) is 55.2 Å². The van der Waals surface area contributed by atoms with Crippen molar-refractivity contribution in [2.24, 2.45) is 11.8 Å². The van der Waals surface area contributed by atoms with Gasteiger partial charge in [0.15, 0.2) is 0 Å². The van der Waals surface area contributed by atoms with E-state index >= 15 is 0 Å². The number of thioether (sulfide) groups is 1. The Hall–Kier alpha value is -0.470. The minimum atomic E-state index is 0.740. The summed E-state index contributed by atoms with van der Waals surface area (Å²) < 4.78 is 0. The van der Waals surface area contributed by atoms with Gasteiger partial charge in [-0.25, -0.2) is 0 Å². The number of hydrogen-bond acceptors (Lipinski definition) is 2. The lowest BCUT2D eigenvalue weighted by Gasteiger charge is -2.34. The Morgan fingerprint density at radius 1 is 1.21 bits per heavy atom. The molecule has 1 fully saturated rings. The average molecular weight is 275 g/mol. The van der Waals surface area contributed by atoms with E-state index in [1.165, 1.54) is 37.1 Å². The zero-order valence-corrected chi connectivity index (χ0v) is 12.9. The minimum Gasteiger partial charge on any atom is -0.313 e. The SMILES string of the molecule is CC1CCC(NCC2Cc3ccccc3S2)C(C)C1. The van der Waals surface area contributed by atoms with Crippen molar-refractivity contribution < 1.29 is 0 Å². The fourth-order valence-corrected chi connectivity index (χ4v) is 4.88. The van der Waals surface area contributed by atoms with Gasteiger partial charge in [0.2, 0.25) is 0 Å². The first-order valence-electron chi connectivity index (χ1n) is 7.70. The molecule has 1 aliphatic carbocycles. The molecule has 0 aromatic heterocycles. The molecule has 0 spiro atoms. The highest BCUT2D eigenvalue weighted by atomic mass is 32.2. The first-order chi connectivity index (χ1) is 9.22. The maximum absolute atomic E-state index is 3.85. The highest BCUT2D eigenvalue weighted by molar-refractivity contribution is 8.00. The van der Waals surface area contributed by atoms with Gasteiger partial charge in [-0.05, 0) is 49.1 Å². The number of rotatable bonds is 3. The van der Waals surface area contributed by atoms with Crippen molar-refractivity contribution in [3.8, 4) is 0 Å². The molecule has 1 aromatic rings. The number of hydrogen-bond donors (Lipinski definition) is 1. The van der Waals surface area contributed by atoms with Crippen LogP contribution in [0.5, 0.6) is 0 Å². The molecule has 19 heavy (non-hydrogen) atoms. The molecule has 2 heteroatoms. The molecule has 0 saturated heterocycles. The average Bonchev–Trinajstić information content (AvgIpc) is 2.80. The molecular weight excluding hydrogens is 250 g/mol. The molecule has 1 saturated carbocycles. The van der Waals surface area contributed by atoms with E-state index in [-0.39, 0.29) is 0 Å². The fourth-order valence-electron chi connectivity index (χ4n) is 3.62. The predicted molar refractivity (Wildman–Crippen MR) is 83.8 cm³/mol. The summed E-state index contributed by atoms with van der Waals surface area (Å²) in [5, 5.41) is 4.59. The number of benzene rings is 1. The van der Waals surface area contributed by atoms with Crippen LogP contribution in [-0.2, 0) is 6.42 Å². The van der Waals surface area contributed by atoms with Gasteiger partial charge < -0.3 is 5.32 Å². The summed E-state index contributed by atoms with van der Waals surface area (Å²) in [5.74, 6) is 1.77. The van der Waals surface area contributed by atoms with Crippen molar-refractivity contribution in [3.63, 3.8) is 0 Å². The molecule has 3 rings (SSSR count). The third-order valence-electron chi connectivity index (χ3n) is 4.75. The standard InChI is InChI=1S/C17H25NS/c1-12-7-8-16(13(2)9-12)18-11-15-10-14-5-3-4-6-17(14)19-15/h3-6,12-13,15-16,18H,7-11H2,1-2H3. The Labute approximate surface area is 121 Å². The van der Waals surface area contributed by atoms with Crippen LogP contribution < -0.4 is 5.32 Å². The van der Waals surface area contributed by atoms with E-state index in [4.69, 9.17) is 0 Å². The van der Waals surface area contributed by atoms with E-state index in [1.807, 2.05) is 0 Å². The lowest BCUT2D eigenvalue weighted by atomic mass is 9.80. The molecule has 0 radical (unpaired) electrons. The normalized spacial score (nSPS) is 34.2. The third kappa shape index (κ3) is 3.17. The summed E-state index contributed by atoms with van der Waals surface area (Å²) in [6.07, 6.45) is 5.41. The van der Waals surface area contributed by atoms with E-state index in [0.29, 0.717) is 0 Å². The quantitative estimate of drug-likeness (QED) is 0.890. The summed E-state index contributed by atoms with van der Waals surface area (Å²) in [7, 11) is 0. The van der Waals surface area contributed by atoms with Crippen molar-refractivity contribution >= 4 is 11.8 Å². The van der Waals surface area contributed by atoms with Gasteiger partial charge in [-0.3, -0.25) is 0 Å². The second kappa shape index (κ2) is 5.88. The second-order valence-corrected chi connectivity index (χ2v) is 7.80. The second-order valence-electron chi connectivity index (χ2n) is 6.46. The molecule has 1 nitrogen and oxygen atoms in total. The summed E-state index contributed by atoms with van der Waals surface area (Å²) in [6, 6.07) is 9.63. The van der Waals surface area contributed by atoms with Gasteiger partial charge in [-0.15, -0.1) is 11.8 Å². The largest absolute Gasteiger partial charge is 0.313 e. The van der Waals surface area contributed by atoms with Crippen LogP contribution >= 0.6 is 11.8 Å². The van der Waals surface area contributed by atoms with Crippen LogP contribution in [0, 0.1) is 11.8 Å². The number of nitrogens with one attached hydrogen (secondary N) is 1. The van der Waals surface area contributed by atoms with Crippen LogP contribution in [0.15, 0.2) is 29.2 Å². The smallest absolute Gasteiger partial charge is 0.0260 e. The zero-order valence-electron chi connectivity index (χ0n) is 12.1. The van der Waals surface area contributed by atoms with Crippen molar-refractivity contribution in [2.45, 2.75) is 55.7 Å². The Kier molecular flexibility index (Phi) is 4.18. The van der Waals surface area contributed by atoms with Crippen molar-refractivity contribution in [3.05, 3.63) is 29.8 Å². The van der Waals surface area contributed by atoms with Crippen LogP contribution in [0.4, 0.5) is 0 Å². The Balaban J connectivity index is 1.49. The van der Waals surface area contributed by atoms with Crippen LogP contribution in [0.1, 0.15) is 38.7 Å². The maximum Gasteiger partial charge on any atom is 0.0260 e. The van der Waals surface area contributed by atoms with Gasteiger partial charge in [0.25, 0.3) is 0 Å². The molecule has 0 bridgehead atoms. The van der Waals surface area contributed by atoms with Crippen molar-refractivity contribution in [1.82, 2.24) is 5.32 Å². The van der Waals surface area contributed by atoms with Gasteiger partial charge >= 0.3 is 0 Å². The van der Waals surface area contributed by atoms with Crippen LogP contribution in [0.25, 0.3) is 0 Å². The van der Waals surface area contributed by atoms with Gasteiger partial charge in [-0.1, -0.05) is 32.0 Å².